The lowest BCUT2D eigenvalue weighted by atomic mass is 10.1. The first-order chi connectivity index (χ1) is 13.3. The zero-order valence-corrected chi connectivity index (χ0v) is 15.4. The predicted molar refractivity (Wildman–Crippen MR) is 106 cm³/mol. The molecule has 1 saturated heterocycles. The number of phenolic OH excluding ortho intramolecular Hbond substituents is 1. The van der Waals surface area contributed by atoms with Crippen LogP contribution in [0.5, 0.6) is 5.75 Å². The van der Waals surface area contributed by atoms with Gasteiger partial charge in [0.2, 0.25) is 0 Å². The molecule has 1 fully saturated rings. The molecule has 142 valence electrons. The van der Waals surface area contributed by atoms with Gasteiger partial charge >= 0.3 is 0 Å². The summed E-state index contributed by atoms with van der Waals surface area (Å²) in [7, 11) is 0. The van der Waals surface area contributed by atoms with Gasteiger partial charge in [-0.25, -0.2) is 5.01 Å². The van der Waals surface area contributed by atoms with Crippen molar-refractivity contribution < 1.29 is 19.7 Å². The van der Waals surface area contributed by atoms with Gasteiger partial charge in [-0.05, 0) is 30.4 Å². The van der Waals surface area contributed by atoms with Crippen LogP contribution < -0.4 is 5.43 Å². The summed E-state index contributed by atoms with van der Waals surface area (Å²) < 4.78 is 0.0827. The van der Waals surface area contributed by atoms with E-state index in [2.05, 4.69) is 5.43 Å². The van der Waals surface area contributed by atoms with Crippen LogP contribution in [0.1, 0.15) is 5.56 Å². The molecule has 2 aromatic rings. The summed E-state index contributed by atoms with van der Waals surface area (Å²) in [5.74, 6) is -0.860. The number of hydrazine groups is 1. The molecule has 0 unspecified atom stereocenters. The van der Waals surface area contributed by atoms with Crippen molar-refractivity contribution in [2.75, 3.05) is 5.43 Å². The minimum Gasteiger partial charge on any atom is -0.507 e. The van der Waals surface area contributed by atoms with Crippen molar-refractivity contribution >= 4 is 57.3 Å². The number of hydrogen-bond acceptors (Lipinski definition) is 9. The van der Waals surface area contributed by atoms with Gasteiger partial charge in [0, 0.05) is 23.8 Å². The van der Waals surface area contributed by atoms with Crippen molar-refractivity contribution in [1.29, 1.82) is 0 Å². The quantitative estimate of drug-likeness (QED) is 0.323. The van der Waals surface area contributed by atoms with E-state index >= 15 is 0 Å². The average Bonchev–Trinajstić information content (AvgIpc) is 2.91. The smallest absolute Gasteiger partial charge is 0.294 e. The number of rotatable bonds is 5. The third-order valence-corrected chi connectivity index (χ3v) is 4.94. The lowest BCUT2D eigenvalue weighted by Crippen LogP contribution is -2.34. The van der Waals surface area contributed by atoms with E-state index in [0.717, 1.165) is 35.0 Å². The Balaban J connectivity index is 1.91. The van der Waals surface area contributed by atoms with E-state index in [9.17, 15) is 30.1 Å². The Morgan fingerprint density at radius 1 is 1.14 bits per heavy atom. The molecular formula is C16H10N4O6S2. The van der Waals surface area contributed by atoms with Gasteiger partial charge in [0.15, 0.2) is 4.32 Å². The third kappa shape index (κ3) is 3.77. The number of thiocarbonyl (C=S) groups is 1. The Morgan fingerprint density at radius 3 is 2.54 bits per heavy atom. The first kappa shape index (κ1) is 19.3. The number of nitro groups is 2. The Hall–Kier alpha value is -3.51. The summed E-state index contributed by atoms with van der Waals surface area (Å²) in [6.45, 7) is 0. The minimum atomic E-state index is -0.627. The van der Waals surface area contributed by atoms with E-state index in [1.807, 2.05) is 0 Å². The molecule has 3 rings (SSSR count). The highest BCUT2D eigenvalue weighted by molar-refractivity contribution is 8.26. The van der Waals surface area contributed by atoms with Gasteiger partial charge in [-0.1, -0.05) is 23.9 Å². The second-order valence-electron chi connectivity index (χ2n) is 5.40. The molecule has 0 bridgehead atoms. The fraction of sp³-hybridized carbons (Fsp3) is 0. The Kier molecular flexibility index (Phi) is 5.24. The number of anilines is 1. The Morgan fingerprint density at radius 2 is 1.86 bits per heavy atom. The van der Waals surface area contributed by atoms with Crippen LogP contribution in [-0.2, 0) is 4.79 Å². The fourth-order valence-electron chi connectivity index (χ4n) is 2.32. The number of non-ortho nitro benzene ring substituents is 1. The summed E-state index contributed by atoms with van der Waals surface area (Å²) in [5, 5.41) is 32.9. The maximum atomic E-state index is 12.6. The number of carbonyl (C=O) groups excluding carboxylic acids is 1. The highest BCUT2D eigenvalue weighted by Gasteiger charge is 2.34. The van der Waals surface area contributed by atoms with Crippen molar-refractivity contribution in [3.05, 3.63) is 73.2 Å². The minimum absolute atomic E-state index is 0.0698. The fourth-order valence-corrected chi connectivity index (χ4v) is 3.49. The van der Waals surface area contributed by atoms with E-state index in [1.165, 1.54) is 24.3 Å². The summed E-state index contributed by atoms with van der Waals surface area (Å²) >= 11 is 6.03. The van der Waals surface area contributed by atoms with Gasteiger partial charge in [-0.15, -0.1) is 0 Å². The zero-order chi connectivity index (χ0) is 20.4. The van der Waals surface area contributed by atoms with Crippen LogP contribution in [0.2, 0.25) is 0 Å². The molecule has 0 radical (unpaired) electrons. The van der Waals surface area contributed by atoms with E-state index in [-0.39, 0.29) is 37.6 Å². The van der Waals surface area contributed by atoms with E-state index in [1.54, 1.807) is 6.07 Å². The average molecular weight is 418 g/mol. The normalized spacial score (nSPS) is 15.1. The van der Waals surface area contributed by atoms with E-state index in [0.29, 0.717) is 0 Å². The maximum Gasteiger partial charge on any atom is 0.294 e. The number of para-hydroxylation sites is 2. The number of amides is 1. The SMILES string of the molecule is O=C1/C(=C\c2cc([N+](=O)[O-])ccc2O)SC(=S)N1Nc1ccccc1[N+](=O)[O-]. The molecule has 10 nitrogen and oxygen atoms in total. The topological polar surface area (TPSA) is 139 Å². The largest absolute Gasteiger partial charge is 0.507 e. The number of thioether (sulfide) groups is 1. The molecule has 1 heterocycles. The van der Waals surface area contributed by atoms with Crippen molar-refractivity contribution in [3.63, 3.8) is 0 Å². The Labute approximate surface area is 166 Å². The number of aromatic hydroxyl groups is 1. The predicted octanol–water partition coefficient (Wildman–Crippen LogP) is 3.44. The van der Waals surface area contributed by atoms with Crippen LogP contribution >= 0.6 is 24.0 Å². The zero-order valence-electron chi connectivity index (χ0n) is 13.8. The second kappa shape index (κ2) is 7.62. The van der Waals surface area contributed by atoms with Gasteiger partial charge in [-0.2, -0.15) is 0 Å². The molecule has 1 amide bonds. The number of hydrogen-bond donors (Lipinski definition) is 2. The van der Waals surface area contributed by atoms with Crippen molar-refractivity contribution in [2.24, 2.45) is 0 Å². The first-order valence-electron chi connectivity index (χ1n) is 7.53. The molecule has 0 atom stereocenters. The molecule has 12 heteroatoms. The van der Waals surface area contributed by atoms with Crippen LogP contribution in [0.15, 0.2) is 47.4 Å². The molecule has 0 saturated carbocycles. The van der Waals surface area contributed by atoms with Crippen molar-refractivity contribution in [3.8, 4) is 5.75 Å². The maximum absolute atomic E-state index is 12.6. The number of nitrogens with zero attached hydrogens (tertiary/aromatic N) is 3. The van der Waals surface area contributed by atoms with Gasteiger partial charge in [0.25, 0.3) is 17.3 Å². The standard InChI is InChI=1S/C16H10N4O6S2/c21-13-6-5-10(19(23)24)7-9(13)8-14-15(22)18(16(27)28-14)17-11-3-1-2-4-12(11)20(25)26/h1-8,17,21H/b14-8+. The number of benzene rings is 2. The highest BCUT2D eigenvalue weighted by Crippen LogP contribution is 2.36. The van der Waals surface area contributed by atoms with Gasteiger partial charge < -0.3 is 5.11 Å². The van der Waals surface area contributed by atoms with Crippen LogP contribution in [0, 0.1) is 20.2 Å². The number of nitrogens with one attached hydrogen (secondary N) is 1. The molecule has 0 aliphatic carbocycles. The number of nitro benzene ring substituents is 2. The third-order valence-electron chi connectivity index (χ3n) is 3.64. The van der Waals surface area contributed by atoms with Gasteiger partial charge in [0.1, 0.15) is 11.4 Å². The molecule has 28 heavy (non-hydrogen) atoms. The summed E-state index contributed by atoms with van der Waals surface area (Å²) in [4.78, 5) is 33.5. The van der Waals surface area contributed by atoms with E-state index < -0.39 is 15.8 Å². The van der Waals surface area contributed by atoms with Gasteiger partial charge in [-0.3, -0.25) is 30.4 Å². The number of carbonyl (C=O) groups is 1. The molecule has 2 aromatic carbocycles. The molecule has 2 N–H and O–H groups in total. The van der Waals surface area contributed by atoms with Crippen LogP contribution in [0.4, 0.5) is 17.1 Å². The van der Waals surface area contributed by atoms with Crippen LogP contribution in [0.3, 0.4) is 0 Å². The monoisotopic (exact) mass is 418 g/mol. The van der Waals surface area contributed by atoms with Crippen LogP contribution in [0.25, 0.3) is 6.08 Å². The molecule has 1 aliphatic rings. The molecular weight excluding hydrogens is 408 g/mol. The molecule has 0 spiro atoms. The summed E-state index contributed by atoms with van der Waals surface area (Å²) in [5.41, 5.74) is 2.27. The summed E-state index contributed by atoms with van der Waals surface area (Å²) in [6.07, 6.45) is 1.27. The van der Waals surface area contributed by atoms with Crippen molar-refractivity contribution in [2.45, 2.75) is 0 Å². The molecule has 0 aromatic heterocycles. The lowest BCUT2D eigenvalue weighted by Gasteiger charge is -2.16. The van der Waals surface area contributed by atoms with Gasteiger partial charge in [0.05, 0.1) is 14.8 Å². The second-order valence-corrected chi connectivity index (χ2v) is 7.08. The summed E-state index contributed by atoms with van der Waals surface area (Å²) in [6, 6.07) is 9.15. The molecule has 1 aliphatic heterocycles. The van der Waals surface area contributed by atoms with Crippen LogP contribution in [-0.4, -0.2) is 30.2 Å². The Bertz CT molecular complexity index is 1060. The van der Waals surface area contributed by atoms with Crippen molar-refractivity contribution in [1.82, 2.24) is 5.01 Å². The number of phenols is 1. The first-order valence-corrected chi connectivity index (χ1v) is 8.76. The highest BCUT2D eigenvalue weighted by atomic mass is 32.2. The lowest BCUT2D eigenvalue weighted by molar-refractivity contribution is -0.384. The van der Waals surface area contributed by atoms with E-state index in [4.69, 9.17) is 12.2 Å².